The smallest absolute Gasteiger partial charge is 0.167 e. The number of rotatable bonds is 5. The molecule has 4 heteroatoms. The highest BCUT2D eigenvalue weighted by Crippen LogP contribution is 2.44. The summed E-state index contributed by atoms with van der Waals surface area (Å²) in [5.41, 5.74) is 4.04. The van der Waals surface area contributed by atoms with E-state index in [-0.39, 0.29) is 17.6 Å². The van der Waals surface area contributed by atoms with Crippen molar-refractivity contribution in [2.24, 2.45) is 5.92 Å². The number of benzene rings is 3. The minimum atomic E-state index is -0.171. The van der Waals surface area contributed by atoms with E-state index in [4.69, 9.17) is 27.9 Å². The topological polar surface area (TPSA) is 26.3 Å². The van der Waals surface area contributed by atoms with Crippen molar-refractivity contribution in [1.29, 1.82) is 0 Å². The van der Waals surface area contributed by atoms with Gasteiger partial charge in [-0.1, -0.05) is 53.5 Å². The molecule has 2 nitrogen and oxygen atoms in total. The van der Waals surface area contributed by atoms with E-state index in [9.17, 15) is 4.79 Å². The fourth-order valence-corrected chi connectivity index (χ4v) is 4.13. The highest BCUT2D eigenvalue weighted by molar-refractivity contribution is 6.31. The van der Waals surface area contributed by atoms with Gasteiger partial charge in [0.25, 0.3) is 0 Å². The molecule has 0 N–H and O–H groups in total. The average molecular weight is 423 g/mol. The zero-order valence-corrected chi connectivity index (χ0v) is 17.5. The largest absolute Gasteiger partial charge is 0.497 e. The minimum absolute atomic E-state index is 0.00485. The second-order valence-electron chi connectivity index (χ2n) is 7.18. The van der Waals surface area contributed by atoms with Crippen LogP contribution in [0.15, 0.2) is 78.9 Å². The fraction of sp³-hybridized carbons (Fsp3) is 0.160. The van der Waals surface area contributed by atoms with Crippen molar-refractivity contribution in [1.82, 2.24) is 0 Å². The number of ether oxygens (including phenoxy) is 1. The maximum atomic E-state index is 13.4. The first-order valence-corrected chi connectivity index (χ1v) is 10.2. The van der Waals surface area contributed by atoms with Gasteiger partial charge in [-0.3, -0.25) is 4.79 Å². The van der Waals surface area contributed by atoms with Crippen LogP contribution in [0, 0.1) is 5.92 Å². The second-order valence-corrected chi connectivity index (χ2v) is 8.05. The molecule has 0 bridgehead atoms. The van der Waals surface area contributed by atoms with Gasteiger partial charge >= 0.3 is 0 Å². The Morgan fingerprint density at radius 3 is 2.03 bits per heavy atom. The number of carbonyl (C=O) groups is 1. The molecule has 0 saturated heterocycles. The molecule has 0 saturated carbocycles. The predicted molar refractivity (Wildman–Crippen MR) is 119 cm³/mol. The van der Waals surface area contributed by atoms with E-state index in [1.165, 1.54) is 0 Å². The van der Waals surface area contributed by atoms with Crippen molar-refractivity contribution >= 4 is 34.6 Å². The maximum Gasteiger partial charge on any atom is 0.167 e. The van der Waals surface area contributed by atoms with Crippen molar-refractivity contribution in [3.05, 3.63) is 106 Å². The summed E-state index contributed by atoms with van der Waals surface area (Å²) in [6, 6.07) is 22.9. The Labute approximate surface area is 180 Å². The van der Waals surface area contributed by atoms with Crippen molar-refractivity contribution in [3.63, 3.8) is 0 Å². The van der Waals surface area contributed by atoms with Gasteiger partial charge < -0.3 is 4.74 Å². The summed E-state index contributed by atoms with van der Waals surface area (Å²) in [4.78, 5) is 13.4. The Bertz CT molecular complexity index is 1040. The molecule has 4 rings (SSSR count). The van der Waals surface area contributed by atoms with Crippen molar-refractivity contribution in [2.45, 2.75) is 12.3 Å². The summed E-state index contributed by atoms with van der Waals surface area (Å²) in [7, 11) is 1.65. The van der Waals surface area contributed by atoms with Crippen LogP contribution in [0.1, 0.15) is 33.8 Å². The third kappa shape index (κ3) is 4.24. The van der Waals surface area contributed by atoms with E-state index < -0.39 is 0 Å². The predicted octanol–water partition coefficient (Wildman–Crippen LogP) is 7.07. The van der Waals surface area contributed by atoms with Crippen LogP contribution in [0.3, 0.4) is 0 Å². The molecular weight excluding hydrogens is 403 g/mol. The van der Waals surface area contributed by atoms with Crippen LogP contribution in [0.5, 0.6) is 5.75 Å². The van der Waals surface area contributed by atoms with Gasteiger partial charge in [0, 0.05) is 27.4 Å². The van der Waals surface area contributed by atoms with Gasteiger partial charge in [0.15, 0.2) is 5.78 Å². The first-order chi connectivity index (χ1) is 14.0. The number of carbonyl (C=O) groups excluding carboxylic acids is 1. The lowest BCUT2D eigenvalue weighted by Gasteiger charge is -2.19. The van der Waals surface area contributed by atoms with Gasteiger partial charge in [0.1, 0.15) is 5.75 Å². The monoisotopic (exact) mass is 422 g/mol. The molecule has 1 aliphatic rings. The summed E-state index contributed by atoms with van der Waals surface area (Å²) in [5.74, 6) is 0.752. The fourth-order valence-electron chi connectivity index (χ4n) is 3.88. The van der Waals surface area contributed by atoms with Crippen LogP contribution in [-0.2, 0) is 0 Å². The van der Waals surface area contributed by atoms with Gasteiger partial charge in [-0.15, -0.1) is 0 Å². The second kappa shape index (κ2) is 8.44. The zero-order chi connectivity index (χ0) is 20.4. The van der Waals surface area contributed by atoms with E-state index in [0.717, 1.165) is 22.4 Å². The molecule has 0 radical (unpaired) electrons. The quantitative estimate of drug-likeness (QED) is 0.410. The lowest BCUT2D eigenvalue weighted by Crippen LogP contribution is -2.18. The molecule has 0 heterocycles. The molecule has 146 valence electrons. The molecule has 0 aromatic heterocycles. The summed E-state index contributed by atoms with van der Waals surface area (Å²) in [6.45, 7) is 0. The molecule has 29 heavy (non-hydrogen) atoms. The lowest BCUT2D eigenvalue weighted by atomic mass is 9.83. The van der Waals surface area contributed by atoms with Gasteiger partial charge in [-0.05, 0) is 71.7 Å². The third-order valence-corrected chi connectivity index (χ3v) is 5.94. The van der Waals surface area contributed by atoms with Gasteiger partial charge in [0.05, 0.1) is 7.11 Å². The number of methoxy groups -OCH3 is 1. The number of hydrogen-bond donors (Lipinski definition) is 0. The normalized spacial score (nSPS) is 18.4. The molecular formula is C25H20Cl2O2. The number of ketones is 1. The van der Waals surface area contributed by atoms with Crippen LogP contribution in [0.2, 0.25) is 10.0 Å². The third-order valence-electron chi connectivity index (χ3n) is 5.44. The van der Waals surface area contributed by atoms with Gasteiger partial charge in [0.2, 0.25) is 0 Å². The summed E-state index contributed by atoms with van der Waals surface area (Å²) in [6.07, 6.45) is 2.89. The molecule has 0 fully saturated rings. The number of halogens is 2. The first kappa shape index (κ1) is 19.8. The number of Topliss-reactive ketones (excluding diaryl/α,β-unsaturated/α-hetero) is 1. The molecule has 0 unspecified atom stereocenters. The molecule has 0 amide bonds. The molecule has 3 aromatic rings. The van der Waals surface area contributed by atoms with Gasteiger partial charge in [-0.25, -0.2) is 0 Å². The SMILES string of the molecule is COc1ccc([C@H]2C=C(c3ccc(Cl)cc3)C[C@@H]2C(=O)c2ccc(Cl)cc2)cc1. The molecule has 0 aliphatic heterocycles. The van der Waals surface area contributed by atoms with Crippen LogP contribution in [-0.4, -0.2) is 12.9 Å². The van der Waals surface area contributed by atoms with Gasteiger partial charge in [-0.2, -0.15) is 0 Å². The maximum absolute atomic E-state index is 13.4. The lowest BCUT2D eigenvalue weighted by molar-refractivity contribution is 0.0917. The summed E-state index contributed by atoms with van der Waals surface area (Å²) >= 11 is 12.0. The Morgan fingerprint density at radius 1 is 0.862 bits per heavy atom. The summed E-state index contributed by atoms with van der Waals surface area (Å²) in [5, 5.41) is 1.33. The summed E-state index contributed by atoms with van der Waals surface area (Å²) < 4.78 is 5.28. The Balaban J connectivity index is 1.70. The van der Waals surface area contributed by atoms with Crippen LogP contribution >= 0.6 is 23.2 Å². The molecule has 3 aromatic carbocycles. The minimum Gasteiger partial charge on any atom is -0.497 e. The highest BCUT2D eigenvalue weighted by atomic mass is 35.5. The van der Waals surface area contributed by atoms with Crippen molar-refractivity contribution in [3.8, 4) is 5.75 Å². The van der Waals surface area contributed by atoms with E-state index in [0.29, 0.717) is 22.0 Å². The standard InChI is InChI=1S/C25H20Cl2O2/c1-29-22-12-6-17(7-13-22)23-14-19(16-2-8-20(26)9-3-16)15-24(23)25(28)18-4-10-21(27)11-5-18/h2-14,23-24H,15H2,1H3/t23-,24+/m1/s1. The Hall–Kier alpha value is -2.55. The number of hydrogen-bond acceptors (Lipinski definition) is 2. The van der Waals surface area contributed by atoms with Crippen LogP contribution in [0.4, 0.5) is 0 Å². The first-order valence-electron chi connectivity index (χ1n) is 9.45. The van der Waals surface area contributed by atoms with Crippen LogP contribution < -0.4 is 4.74 Å². The average Bonchev–Trinajstić information content (AvgIpc) is 3.20. The van der Waals surface area contributed by atoms with E-state index in [1.807, 2.05) is 48.5 Å². The van der Waals surface area contributed by atoms with Crippen molar-refractivity contribution < 1.29 is 9.53 Å². The molecule has 0 spiro atoms. The number of allylic oxidation sites excluding steroid dienone is 2. The van der Waals surface area contributed by atoms with E-state index in [2.05, 4.69) is 6.08 Å². The van der Waals surface area contributed by atoms with Crippen molar-refractivity contribution in [2.75, 3.05) is 7.11 Å². The highest BCUT2D eigenvalue weighted by Gasteiger charge is 2.35. The van der Waals surface area contributed by atoms with E-state index in [1.54, 1.807) is 31.4 Å². The molecule has 2 atom stereocenters. The van der Waals surface area contributed by atoms with Crippen LogP contribution in [0.25, 0.3) is 5.57 Å². The molecule has 1 aliphatic carbocycles. The van der Waals surface area contributed by atoms with E-state index >= 15 is 0 Å². The zero-order valence-electron chi connectivity index (χ0n) is 15.9. The Morgan fingerprint density at radius 2 is 1.45 bits per heavy atom. The Kier molecular flexibility index (Phi) is 5.75.